The van der Waals surface area contributed by atoms with E-state index in [0.717, 1.165) is 5.69 Å². The van der Waals surface area contributed by atoms with Crippen LogP contribution in [0.2, 0.25) is 0 Å². The van der Waals surface area contributed by atoms with E-state index in [1.165, 1.54) is 11.3 Å². The molecule has 0 aliphatic carbocycles. The van der Waals surface area contributed by atoms with Gasteiger partial charge in [-0.3, -0.25) is 0 Å². The Kier molecular flexibility index (Phi) is 3.09. The third kappa shape index (κ3) is 2.34. The average Bonchev–Trinajstić information content (AvgIpc) is 2.52. The SMILES string of the molecule is C#CCCC(O)c1cscn1. The number of terminal acetylenes is 1. The van der Waals surface area contributed by atoms with Crippen LogP contribution in [-0.4, -0.2) is 10.1 Å². The molecule has 0 aliphatic rings. The van der Waals surface area contributed by atoms with Crippen molar-refractivity contribution in [2.24, 2.45) is 0 Å². The topological polar surface area (TPSA) is 33.1 Å². The largest absolute Gasteiger partial charge is 0.387 e. The van der Waals surface area contributed by atoms with Crippen LogP contribution < -0.4 is 0 Å². The van der Waals surface area contributed by atoms with Gasteiger partial charge < -0.3 is 5.11 Å². The quantitative estimate of drug-likeness (QED) is 0.693. The van der Waals surface area contributed by atoms with Crippen LogP contribution in [0, 0.1) is 12.3 Å². The Labute approximate surface area is 69.9 Å². The van der Waals surface area contributed by atoms with Crippen LogP contribution >= 0.6 is 11.3 Å². The lowest BCUT2D eigenvalue weighted by Crippen LogP contribution is -1.96. The van der Waals surface area contributed by atoms with Crippen molar-refractivity contribution in [1.82, 2.24) is 4.98 Å². The van der Waals surface area contributed by atoms with Gasteiger partial charge >= 0.3 is 0 Å². The molecule has 58 valence electrons. The molecule has 0 bridgehead atoms. The van der Waals surface area contributed by atoms with Crippen LogP contribution in [0.4, 0.5) is 0 Å². The van der Waals surface area contributed by atoms with E-state index < -0.39 is 6.10 Å². The fourth-order valence-corrected chi connectivity index (χ4v) is 1.36. The number of aliphatic hydroxyl groups excluding tert-OH is 1. The van der Waals surface area contributed by atoms with Crippen LogP contribution in [0.15, 0.2) is 10.9 Å². The fraction of sp³-hybridized carbons (Fsp3) is 0.375. The summed E-state index contributed by atoms with van der Waals surface area (Å²) in [6.45, 7) is 0. The molecule has 2 nitrogen and oxygen atoms in total. The summed E-state index contributed by atoms with van der Waals surface area (Å²) in [7, 11) is 0. The Balaban J connectivity index is 2.44. The highest BCUT2D eigenvalue weighted by Gasteiger charge is 2.07. The number of thiazole rings is 1. The van der Waals surface area contributed by atoms with Crippen molar-refractivity contribution in [1.29, 1.82) is 0 Å². The summed E-state index contributed by atoms with van der Waals surface area (Å²) in [6.07, 6.45) is 5.76. The van der Waals surface area contributed by atoms with Gasteiger partial charge in [-0.15, -0.1) is 23.7 Å². The molecule has 3 heteroatoms. The molecule has 0 aliphatic heterocycles. The Morgan fingerprint density at radius 2 is 2.64 bits per heavy atom. The molecule has 1 aromatic rings. The molecule has 0 fully saturated rings. The Bertz CT molecular complexity index is 237. The molecule has 11 heavy (non-hydrogen) atoms. The molecular weight excluding hydrogens is 158 g/mol. The fourth-order valence-electron chi connectivity index (χ4n) is 0.754. The highest BCUT2D eigenvalue weighted by atomic mass is 32.1. The lowest BCUT2D eigenvalue weighted by molar-refractivity contribution is 0.165. The third-order valence-corrected chi connectivity index (χ3v) is 1.96. The Morgan fingerprint density at radius 3 is 3.18 bits per heavy atom. The minimum absolute atomic E-state index is 0.489. The van der Waals surface area contributed by atoms with Crippen molar-refractivity contribution in [3.8, 4) is 12.3 Å². The standard InChI is InChI=1S/C8H9NOS/c1-2-3-4-8(10)7-5-11-6-9-7/h1,5-6,8,10H,3-4H2. The molecule has 1 aromatic heterocycles. The van der Waals surface area contributed by atoms with E-state index in [1.807, 2.05) is 5.38 Å². The second-order valence-electron chi connectivity index (χ2n) is 2.17. The average molecular weight is 167 g/mol. The zero-order valence-corrected chi connectivity index (χ0v) is 6.84. The first kappa shape index (κ1) is 8.25. The maximum absolute atomic E-state index is 9.39. The second kappa shape index (κ2) is 4.12. The van der Waals surface area contributed by atoms with E-state index in [9.17, 15) is 5.11 Å². The third-order valence-electron chi connectivity index (χ3n) is 1.35. The van der Waals surface area contributed by atoms with E-state index in [4.69, 9.17) is 6.42 Å². The molecule has 0 aromatic carbocycles. The van der Waals surface area contributed by atoms with Crippen molar-refractivity contribution in [2.45, 2.75) is 18.9 Å². The molecule has 0 amide bonds. The number of hydrogen-bond acceptors (Lipinski definition) is 3. The first-order valence-electron chi connectivity index (χ1n) is 3.34. The normalized spacial score (nSPS) is 12.4. The van der Waals surface area contributed by atoms with E-state index in [2.05, 4.69) is 10.9 Å². The van der Waals surface area contributed by atoms with Crippen LogP contribution in [0.3, 0.4) is 0 Å². The van der Waals surface area contributed by atoms with Gasteiger partial charge in [0.2, 0.25) is 0 Å². The number of rotatable bonds is 3. The summed E-state index contributed by atoms with van der Waals surface area (Å²) >= 11 is 1.48. The van der Waals surface area contributed by atoms with E-state index in [0.29, 0.717) is 12.8 Å². The summed E-state index contributed by atoms with van der Waals surface area (Å²) in [5, 5.41) is 11.2. The van der Waals surface area contributed by atoms with Crippen LogP contribution in [0.5, 0.6) is 0 Å². The Hall–Kier alpha value is -0.850. The molecule has 0 radical (unpaired) electrons. The molecule has 0 saturated carbocycles. The van der Waals surface area contributed by atoms with Gasteiger partial charge in [-0.2, -0.15) is 0 Å². The predicted octanol–water partition coefficient (Wildman–Crippen LogP) is 1.59. The van der Waals surface area contributed by atoms with Crippen molar-refractivity contribution < 1.29 is 5.11 Å². The molecule has 1 rings (SSSR count). The highest BCUT2D eigenvalue weighted by Crippen LogP contribution is 2.16. The monoisotopic (exact) mass is 167 g/mol. The summed E-state index contributed by atoms with van der Waals surface area (Å²) in [5.41, 5.74) is 2.43. The second-order valence-corrected chi connectivity index (χ2v) is 2.89. The first-order valence-corrected chi connectivity index (χ1v) is 4.28. The molecule has 1 N–H and O–H groups in total. The lowest BCUT2D eigenvalue weighted by Gasteiger charge is -2.03. The van der Waals surface area contributed by atoms with Crippen molar-refractivity contribution in [2.75, 3.05) is 0 Å². The predicted molar refractivity (Wildman–Crippen MR) is 45.1 cm³/mol. The highest BCUT2D eigenvalue weighted by molar-refractivity contribution is 7.07. The van der Waals surface area contributed by atoms with Gasteiger partial charge in [0.25, 0.3) is 0 Å². The maximum atomic E-state index is 9.39. The number of nitrogens with zero attached hydrogens (tertiary/aromatic N) is 1. The van der Waals surface area contributed by atoms with Crippen LogP contribution in [-0.2, 0) is 0 Å². The minimum atomic E-state index is -0.489. The van der Waals surface area contributed by atoms with Gasteiger partial charge in [0.05, 0.1) is 17.3 Å². The van der Waals surface area contributed by atoms with Gasteiger partial charge in [0.15, 0.2) is 0 Å². The summed E-state index contributed by atoms with van der Waals surface area (Å²) in [6, 6.07) is 0. The van der Waals surface area contributed by atoms with Gasteiger partial charge in [-0.25, -0.2) is 4.98 Å². The zero-order valence-electron chi connectivity index (χ0n) is 6.03. The number of hydrogen-bond donors (Lipinski definition) is 1. The summed E-state index contributed by atoms with van der Waals surface area (Å²) in [4.78, 5) is 3.97. The van der Waals surface area contributed by atoms with Crippen molar-refractivity contribution in [3.63, 3.8) is 0 Å². The van der Waals surface area contributed by atoms with Crippen molar-refractivity contribution >= 4 is 11.3 Å². The molecule has 0 saturated heterocycles. The summed E-state index contributed by atoms with van der Waals surface area (Å²) < 4.78 is 0. The number of aromatic nitrogens is 1. The van der Waals surface area contributed by atoms with E-state index >= 15 is 0 Å². The molecule has 1 atom stereocenters. The summed E-state index contributed by atoms with van der Waals surface area (Å²) in [5.74, 6) is 2.48. The Morgan fingerprint density at radius 1 is 1.82 bits per heavy atom. The molecule has 1 heterocycles. The van der Waals surface area contributed by atoms with Gasteiger partial charge in [0.1, 0.15) is 0 Å². The van der Waals surface area contributed by atoms with Crippen LogP contribution in [0.25, 0.3) is 0 Å². The first-order chi connectivity index (χ1) is 5.34. The van der Waals surface area contributed by atoms with Crippen LogP contribution in [0.1, 0.15) is 24.6 Å². The van der Waals surface area contributed by atoms with Gasteiger partial charge in [-0.05, 0) is 6.42 Å². The zero-order chi connectivity index (χ0) is 8.10. The van der Waals surface area contributed by atoms with Crippen molar-refractivity contribution in [3.05, 3.63) is 16.6 Å². The molecule has 0 spiro atoms. The number of aliphatic hydroxyl groups is 1. The minimum Gasteiger partial charge on any atom is -0.387 e. The smallest absolute Gasteiger partial charge is 0.0977 e. The van der Waals surface area contributed by atoms with Gasteiger partial charge in [-0.1, -0.05) is 0 Å². The van der Waals surface area contributed by atoms with E-state index in [-0.39, 0.29) is 0 Å². The lowest BCUT2D eigenvalue weighted by atomic mass is 10.1. The molecule has 1 unspecified atom stereocenters. The van der Waals surface area contributed by atoms with E-state index in [1.54, 1.807) is 5.51 Å². The van der Waals surface area contributed by atoms with Gasteiger partial charge in [0, 0.05) is 11.8 Å². The maximum Gasteiger partial charge on any atom is 0.0977 e. The molecular formula is C8H9NOS.